The SMILES string of the molecule is CCCCn1c(N)c(N(Cc2ccccc2)C(=O)Cc2ccc(OC)c(OC)c2OC)c(=O)[nH]c1=O. The Balaban J connectivity index is 2.11. The van der Waals surface area contributed by atoms with E-state index in [9.17, 15) is 14.4 Å². The van der Waals surface area contributed by atoms with Gasteiger partial charge in [0.05, 0.1) is 34.3 Å². The number of nitrogens with zero attached hydrogens (tertiary/aromatic N) is 2. The molecule has 3 rings (SSSR count). The fourth-order valence-electron chi connectivity index (χ4n) is 4.00. The first-order valence-electron chi connectivity index (χ1n) is 11.6. The van der Waals surface area contributed by atoms with Crippen LogP contribution in [0.25, 0.3) is 0 Å². The molecule has 0 aliphatic rings. The van der Waals surface area contributed by atoms with Gasteiger partial charge < -0.3 is 19.9 Å². The number of ether oxygens (including phenoxy) is 3. The molecule has 0 saturated heterocycles. The number of amides is 1. The van der Waals surface area contributed by atoms with Gasteiger partial charge in [-0.3, -0.25) is 24.0 Å². The summed E-state index contributed by atoms with van der Waals surface area (Å²) in [5.74, 6) is 0.684. The first-order chi connectivity index (χ1) is 17.4. The second-order valence-electron chi connectivity index (χ2n) is 8.13. The van der Waals surface area contributed by atoms with Gasteiger partial charge in [0.1, 0.15) is 5.82 Å². The molecule has 0 bridgehead atoms. The van der Waals surface area contributed by atoms with Crippen LogP contribution in [0.5, 0.6) is 17.2 Å². The van der Waals surface area contributed by atoms with Crippen molar-refractivity contribution in [3.05, 3.63) is 74.4 Å². The van der Waals surface area contributed by atoms with E-state index in [1.165, 1.54) is 30.8 Å². The second kappa shape index (κ2) is 12.0. The normalized spacial score (nSPS) is 10.7. The quantitative estimate of drug-likeness (QED) is 0.418. The Morgan fingerprint density at radius 2 is 1.69 bits per heavy atom. The van der Waals surface area contributed by atoms with Crippen LogP contribution in [0.1, 0.15) is 30.9 Å². The Kier molecular flexibility index (Phi) is 8.77. The van der Waals surface area contributed by atoms with Crippen LogP contribution >= 0.6 is 0 Å². The number of H-pyrrole nitrogens is 1. The number of rotatable bonds is 11. The van der Waals surface area contributed by atoms with Gasteiger partial charge in [0.25, 0.3) is 5.56 Å². The fourth-order valence-corrected chi connectivity index (χ4v) is 4.00. The minimum absolute atomic E-state index is 0.0549. The lowest BCUT2D eigenvalue weighted by Crippen LogP contribution is -2.41. The number of benzene rings is 2. The summed E-state index contributed by atoms with van der Waals surface area (Å²) in [6, 6.07) is 12.6. The first-order valence-corrected chi connectivity index (χ1v) is 11.6. The average molecular weight is 497 g/mol. The predicted molar refractivity (Wildman–Crippen MR) is 138 cm³/mol. The summed E-state index contributed by atoms with van der Waals surface area (Å²) in [6.07, 6.45) is 1.39. The molecule has 192 valence electrons. The summed E-state index contributed by atoms with van der Waals surface area (Å²) in [6.45, 7) is 2.38. The van der Waals surface area contributed by atoms with E-state index in [-0.39, 0.29) is 24.5 Å². The highest BCUT2D eigenvalue weighted by Gasteiger charge is 2.27. The van der Waals surface area contributed by atoms with Crippen molar-refractivity contribution in [2.75, 3.05) is 32.0 Å². The van der Waals surface area contributed by atoms with Gasteiger partial charge >= 0.3 is 5.69 Å². The largest absolute Gasteiger partial charge is 0.493 e. The fraction of sp³-hybridized carbons (Fsp3) is 0.346. The van der Waals surface area contributed by atoms with Crippen LogP contribution in [0.4, 0.5) is 11.5 Å². The van der Waals surface area contributed by atoms with E-state index in [0.717, 1.165) is 12.0 Å². The molecule has 0 aliphatic carbocycles. The molecular weight excluding hydrogens is 464 g/mol. The van der Waals surface area contributed by atoms with E-state index >= 15 is 0 Å². The number of methoxy groups -OCH3 is 3. The first kappa shape index (κ1) is 26.4. The lowest BCUT2D eigenvalue weighted by atomic mass is 10.1. The van der Waals surface area contributed by atoms with E-state index < -0.39 is 17.2 Å². The van der Waals surface area contributed by atoms with Crippen molar-refractivity contribution in [3.63, 3.8) is 0 Å². The maximum Gasteiger partial charge on any atom is 0.330 e. The van der Waals surface area contributed by atoms with E-state index in [0.29, 0.717) is 35.8 Å². The molecule has 0 radical (unpaired) electrons. The van der Waals surface area contributed by atoms with Crippen LogP contribution in [-0.2, 0) is 24.3 Å². The van der Waals surface area contributed by atoms with Gasteiger partial charge in [0.2, 0.25) is 11.7 Å². The number of aromatic amines is 1. The Morgan fingerprint density at radius 3 is 2.31 bits per heavy atom. The maximum absolute atomic E-state index is 13.8. The number of nitrogens with two attached hydrogens (primary N) is 1. The maximum atomic E-state index is 13.8. The highest BCUT2D eigenvalue weighted by atomic mass is 16.5. The van der Waals surface area contributed by atoms with Gasteiger partial charge in [-0.2, -0.15) is 0 Å². The highest BCUT2D eigenvalue weighted by molar-refractivity contribution is 5.97. The molecule has 0 unspecified atom stereocenters. The average Bonchev–Trinajstić information content (AvgIpc) is 2.87. The van der Waals surface area contributed by atoms with Crippen LogP contribution < -0.4 is 36.1 Å². The summed E-state index contributed by atoms with van der Waals surface area (Å²) in [7, 11) is 4.46. The molecule has 1 aromatic heterocycles. The van der Waals surface area contributed by atoms with E-state index in [2.05, 4.69) is 4.98 Å². The molecule has 0 saturated carbocycles. The minimum atomic E-state index is -0.728. The third-order valence-electron chi connectivity index (χ3n) is 5.83. The summed E-state index contributed by atoms with van der Waals surface area (Å²) in [5, 5.41) is 0. The van der Waals surface area contributed by atoms with E-state index in [1.54, 1.807) is 12.1 Å². The zero-order chi connectivity index (χ0) is 26.2. The molecule has 10 heteroatoms. The zero-order valence-corrected chi connectivity index (χ0v) is 21.0. The lowest BCUT2D eigenvalue weighted by Gasteiger charge is -2.25. The van der Waals surface area contributed by atoms with Gasteiger partial charge in [0, 0.05) is 12.1 Å². The van der Waals surface area contributed by atoms with Crippen LogP contribution in [-0.4, -0.2) is 36.8 Å². The highest BCUT2D eigenvalue weighted by Crippen LogP contribution is 2.40. The Bertz CT molecular complexity index is 1320. The monoisotopic (exact) mass is 496 g/mol. The molecule has 3 N–H and O–H groups in total. The molecule has 1 amide bonds. The second-order valence-corrected chi connectivity index (χ2v) is 8.13. The van der Waals surface area contributed by atoms with Crippen molar-refractivity contribution in [2.24, 2.45) is 0 Å². The van der Waals surface area contributed by atoms with Crippen molar-refractivity contribution in [1.82, 2.24) is 9.55 Å². The van der Waals surface area contributed by atoms with E-state index in [1.807, 2.05) is 37.3 Å². The predicted octanol–water partition coefficient (Wildman–Crippen LogP) is 2.72. The van der Waals surface area contributed by atoms with Crippen molar-refractivity contribution in [3.8, 4) is 17.2 Å². The number of nitrogen functional groups attached to an aromatic ring is 1. The molecule has 2 aromatic carbocycles. The number of hydrogen-bond donors (Lipinski definition) is 2. The van der Waals surface area contributed by atoms with Crippen LogP contribution in [0.3, 0.4) is 0 Å². The summed E-state index contributed by atoms with van der Waals surface area (Å²) < 4.78 is 17.6. The number of aromatic nitrogens is 2. The number of carbonyl (C=O) groups excluding carboxylic acids is 1. The number of anilines is 2. The van der Waals surface area contributed by atoms with Crippen LogP contribution in [0.2, 0.25) is 0 Å². The standard InChI is InChI=1S/C26H32N4O6/c1-5-6-14-29-24(27)21(25(32)28-26(29)33)30(16-17-10-8-7-9-11-17)20(31)15-18-12-13-19(34-2)23(36-4)22(18)35-3/h7-13H,5-6,14-16,27H2,1-4H3,(H,28,32,33). The molecule has 0 spiro atoms. The third-order valence-corrected chi connectivity index (χ3v) is 5.83. The Labute approximate surface area is 209 Å². The third kappa shape index (κ3) is 5.54. The van der Waals surface area contributed by atoms with Crippen molar-refractivity contribution in [2.45, 2.75) is 39.3 Å². The summed E-state index contributed by atoms with van der Waals surface area (Å²) in [4.78, 5) is 42.8. The van der Waals surface area contributed by atoms with Gasteiger partial charge in [0.15, 0.2) is 17.2 Å². The molecule has 1 heterocycles. The lowest BCUT2D eigenvalue weighted by molar-refractivity contribution is -0.118. The van der Waals surface area contributed by atoms with E-state index in [4.69, 9.17) is 19.9 Å². The molecule has 10 nitrogen and oxygen atoms in total. The molecule has 0 aliphatic heterocycles. The Morgan fingerprint density at radius 1 is 1.00 bits per heavy atom. The smallest absolute Gasteiger partial charge is 0.330 e. The number of hydrogen-bond acceptors (Lipinski definition) is 7. The summed E-state index contributed by atoms with van der Waals surface area (Å²) in [5.41, 5.74) is 6.25. The van der Waals surface area contributed by atoms with Crippen LogP contribution in [0, 0.1) is 0 Å². The van der Waals surface area contributed by atoms with Crippen LogP contribution in [0.15, 0.2) is 52.1 Å². The Hall–Kier alpha value is -4.21. The van der Waals surface area contributed by atoms with Gasteiger partial charge in [-0.15, -0.1) is 0 Å². The molecule has 36 heavy (non-hydrogen) atoms. The van der Waals surface area contributed by atoms with Crippen molar-refractivity contribution < 1.29 is 19.0 Å². The van der Waals surface area contributed by atoms with Crippen molar-refractivity contribution >= 4 is 17.4 Å². The van der Waals surface area contributed by atoms with Gasteiger partial charge in [-0.25, -0.2) is 4.79 Å². The molecule has 0 fully saturated rings. The number of carbonyl (C=O) groups is 1. The minimum Gasteiger partial charge on any atom is -0.493 e. The van der Waals surface area contributed by atoms with Gasteiger partial charge in [-0.05, 0) is 18.1 Å². The summed E-state index contributed by atoms with van der Waals surface area (Å²) >= 11 is 0. The topological polar surface area (TPSA) is 129 Å². The molecule has 3 aromatic rings. The molecule has 0 atom stereocenters. The van der Waals surface area contributed by atoms with Gasteiger partial charge in [-0.1, -0.05) is 49.7 Å². The number of unbranched alkanes of at least 4 members (excludes halogenated alkanes) is 1. The zero-order valence-electron chi connectivity index (χ0n) is 21.0. The van der Waals surface area contributed by atoms with Crippen molar-refractivity contribution in [1.29, 1.82) is 0 Å². The molecular formula is C26H32N4O6. The number of nitrogens with one attached hydrogen (secondary N) is 1.